The highest BCUT2D eigenvalue weighted by atomic mass is 35.5. The van der Waals surface area contributed by atoms with Gasteiger partial charge in [-0.2, -0.15) is 18.3 Å². The third-order valence-corrected chi connectivity index (χ3v) is 9.82. The van der Waals surface area contributed by atoms with Gasteiger partial charge < -0.3 is 39.8 Å². The van der Waals surface area contributed by atoms with E-state index in [2.05, 4.69) is 34.5 Å². The van der Waals surface area contributed by atoms with Crippen LogP contribution in [-0.2, 0) is 16.6 Å². The van der Waals surface area contributed by atoms with Gasteiger partial charge in [-0.25, -0.2) is 23.4 Å². The molecule has 5 heterocycles. The first-order valence-electron chi connectivity index (χ1n) is 17.2. The Balaban J connectivity index is 0.000000784. The summed E-state index contributed by atoms with van der Waals surface area (Å²) in [5.74, 6) is -3.43. The van der Waals surface area contributed by atoms with Crippen molar-refractivity contribution >= 4 is 46.7 Å². The summed E-state index contributed by atoms with van der Waals surface area (Å²) in [4.78, 5) is 60.3. The minimum atomic E-state index is -5.19. The highest BCUT2D eigenvalue weighted by Gasteiger charge is 2.35. The number of imidazole rings is 1. The lowest BCUT2D eigenvalue weighted by atomic mass is 9.94. The van der Waals surface area contributed by atoms with E-state index in [9.17, 15) is 36.3 Å². The predicted molar refractivity (Wildman–Crippen MR) is 190 cm³/mol. The number of carboxylic acid groups (broad SMARTS) is 1. The van der Waals surface area contributed by atoms with E-state index in [1.165, 1.54) is 47.0 Å². The lowest BCUT2D eigenvalue weighted by molar-refractivity contribution is -0.895. The number of carbonyl (C=O) groups excluding carboxylic acids is 4. The summed E-state index contributed by atoms with van der Waals surface area (Å²) in [7, 11) is 5.90. The number of carbonyl (C=O) groups is 4. The van der Waals surface area contributed by atoms with Crippen molar-refractivity contribution in [2.75, 3.05) is 64.4 Å². The van der Waals surface area contributed by atoms with Crippen LogP contribution < -0.4 is 16.2 Å². The first-order chi connectivity index (χ1) is 26.3. The summed E-state index contributed by atoms with van der Waals surface area (Å²) in [6.07, 6.45) is -2.25. The Morgan fingerprint density at radius 2 is 1.61 bits per heavy atom. The van der Waals surface area contributed by atoms with Crippen molar-refractivity contribution < 1.29 is 50.7 Å². The normalized spacial score (nSPS) is 16.0. The van der Waals surface area contributed by atoms with Crippen LogP contribution in [0.4, 0.5) is 33.3 Å². The summed E-state index contributed by atoms with van der Waals surface area (Å²) in [5, 5.41) is 15.7. The molecule has 6 rings (SSSR count). The van der Waals surface area contributed by atoms with Crippen molar-refractivity contribution in [3.8, 4) is 17.1 Å². The molecule has 0 aliphatic carbocycles. The number of piperazine rings is 1. The highest BCUT2D eigenvalue weighted by molar-refractivity contribution is 6.34. The second-order valence-corrected chi connectivity index (χ2v) is 14.3. The fraction of sp³-hybridized carbons (Fsp3) is 0.400. The summed E-state index contributed by atoms with van der Waals surface area (Å²) >= 11 is 6.52. The zero-order valence-electron chi connectivity index (χ0n) is 30.4. The smallest absolute Gasteiger partial charge is 0.430 e. The minimum Gasteiger partial charge on any atom is -0.542 e. The summed E-state index contributed by atoms with van der Waals surface area (Å²) in [5.41, 5.74) is 6.51. The maximum absolute atomic E-state index is 14.0. The zero-order valence-corrected chi connectivity index (χ0v) is 31.2. The monoisotopic (exact) mass is 808 g/mol. The van der Waals surface area contributed by atoms with Crippen molar-refractivity contribution in [1.29, 1.82) is 0 Å². The number of nitrogens with zero attached hydrogens (tertiary/aromatic N) is 8. The predicted octanol–water partition coefficient (Wildman–Crippen LogP) is 3.16. The molecular formula is C35H38ClF5N10O5. The summed E-state index contributed by atoms with van der Waals surface area (Å²) in [6.45, 7) is 3.69. The number of amides is 3. The maximum atomic E-state index is 14.0. The molecule has 0 unspecified atom stereocenters. The average molecular weight is 809 g/mol. The summed E-state index contributed by atoms with van der Waals surface area (Å²) < 4.78 is 63.1. The van der Waals surface area contributed by atoms with E-state index in [0.717, 1.165) is 30.4 Å². The lowest BCUT2D eigenvalue weighted by Gasteiger charge is -2.40. The molecule has 0 radical (unpaired) electrons. The van der Waals surface area contributed by atoms with Crippen LogP contribution in [0.2, 0.25) is 5.02 Å². The number of aliphatic carboxylic acids is 1. The molecule has 0 atom stereocenters. The second kappa shape index (κ2) is 16.6. The van der Waals surface area contributed by atoms with Crippen LogP contribution in [0.25, 0.3) is 17.1 Å². The van der Waals surface area contributed by atoms with Crippen molar-refractivity contribution in [2.45, 2.75) is 25.4 Å². The molecule has 21 heteroatoms. The Hall–Kier alpha value is -5.63. The van der Waals surface area contributed by atoms with Gasteiger partial charge in [0.15, 0.2) is 11.6 Å². The van der Waals surface area contributed by atoms with Gasteiger partial charge in [0.2, 0.25) is 5.91 Å². The molecule has 2 aliphatic rings. The van der Waals surface area contributed by atoms with E-state index in [1.54, 1.807) is 23.1 Å². The number of anilines is 2. The molecular weight excluding hydrogens is 771 g/mol. The molecule has 15 nitrogen and oxygen atoms in total. The van der Waals surface area contributed by atoms with Gasteiger partial charge in [0, 0.05) is 69.4 Å². The number of carboxylic acids is 1. The number of likely N-dealkylation sites (tertiary alicyclic amines) is 1. The molecule has 0 bridgehead atoms. The number of alkyl halides is 5. The Morgan fingerprint density at radius 1 is 0.982 bits per heavy atom. The number of piperidine rings is 1. The number of aromatic nitrogens is 5. The van der Waals surface area contributed by atoms with Gasteiger partial charge in [-0.05, 0) is 30.3 Å². The number of nitrogens with two attached hydrogens (primary N) is 1. The van der Waals surface area contributed by atoms with E-state index in [-0.39, 0.29) is 51.2 Å². The number of rotatable bonds is 7. The Kier molecular flexibility index (Phi) is 12.3. The molecule has 3 N–H and O–H groups in total. The molecule has 2 aliphatic heterocycles. The third-order valence-electron chi connectivity index (χ3n) is 9.50. The minimum absolute atomic E-state index is 0.0370. The van der Waals surface area contributed by atoms with Crippen LogP contribution in [0.1, 0.15) is 45.9 Å². The average Bonchev–Trinajstić information content (AvgIpc) is 3.75. The van der Waals surface area contributed by atoms with Gasteiger partial charge in [0.1, 0.15) is 11.7 Å². The molecule has 3 amide bonds. The number of benzene rings is 1. The largest absolute Gasteiger partial charge is 0.542 e. The Bertz CT molecular complexity index is 2090. The van der Waals surface area contributed by atoms with Crippen LogP contribution in [0.15, 0.2) is 48.9 Å². The van der Waals surface area contributed by atoms with Gasteiger partial charge in [-0.15, -0.1) is 0 Å². The molecule has 56 heavy (non-hydrogen) atoms. The number of nitrogens with one attached hydrogen (secondary N) is 1. The Labute approximate surface area is 322 Å². The maximum Gasteiger partial charge on any atom is 0.430 e. The van der Waals surface area contributed by atoms with E-state index < -0.39 is 30.2 Å². The number of halogens is 6. The van der Waals surface area contributed by atoms with Crippen LogP contribution in [0, 0.1) is 5.92 Å². The molecule has 0 spiro atoms. The van der Waals surface area contributed by atoms with Crippen molar-refractivity contribution in [2.24, 2.45) is 13.0 Å². The molecule has 2 saturated heterocycles. The number of hydrogen-bond donors (Lipinski definition) is 2. The van der Waals surface area contributed by atoms with E-state index in [0.29, 0.717) is 37.6 Å². The van der Waals surface area contributed by atoms with Crippen LogP contribution in [0.5, 0.6) is 0 Å². The number of pyridine rings is 1. The van der Waals surface area contributed by atoms with Gasteiger partial charge >= 0.3 is 6.18 Å². The third kappa shape index (κ3) is 9.59. The van der Waals surface area contributed by atoms with E-state index in [1.807, 2.05) is 4.90 Å². The van der Waals surface area contributed by atoms with Crippen LogP contribution >= 0.6 is 11.6 Å². The van der Waals surface area contributed by atoms with E-state index >= 15 is 0 Å². The highest BCUT2D eigenvalue weighted by Crippen LogP contribution is 2.32. The zero-order chi connectivity index (χ0) is 41.1. The Morgan fingerprint density at radius 3 is 2.16 bits per heavy atom. The second-order valence-electron chi connectivity index (χ2n) is 13.9. The van der Waals surface area contributed by atoms with Gasteiger partial charge in [-0.3, -0.25) is 14.4 Å². The van der Waals surface area contributed by atoms with Gasteiger partial charge in [0.25, 0.3) is 18.2 Å². The van der Waals surface area contributed by atoms with E-state index in [4.69, 9.17) is 27.2 Å². The first kappa shape index (κ1) is 41.5. The van der Waals surface area contributed by atoms with Gasteiger partial charge in [0.05, 0.1) is 61.5 Å². The molecule has 1 aromatic carbocycles. The number of hydrogen-bond acceptors (Lipinski definition) is 9. The standard InChI is InChI=1S/C33H37ClF2N10O3.C2HF3O2/c1-42-26(24-19-45(41-28(24)29(35)36)27-7-4-21(37)17-38-27)18-39-30(42)31(47)40-22-5-6-23(25(34)16-22)33(49)44-12-10-43(11-13-44)32(48)20-8-14-46(2,3)15-9-20;3-2(4,5)1(6)7/h4-7,16-20,29H,8-15,37H2,1-3H3;(H,6,7). The molecule has 4 aromatic rings. The van der Waals surface area contributed by atoms with Gasteiger partial charge in [-0.1, -0.05) is 11.6 Å². The molecule has 2 fully saturated rings. The quantitative estimate of drug-likeness (QED) is 0.209. The van der Waals surface area contributed by atoms with Crippen molar-refractivity contribution in [3.63, 3.8) is 0 Å². The fourth-order valence-corrected chi connectivity index (χ4v) is 6.55. The molecule has 300 valence electrons. The van der Waals surface area contributed by atoms with Crippen LogP contribution in [0.3, 0.4) is 0 Å². The topological polar surface area (TPSA) is 184 Å². The van der Waals surface area contributed by atoms with Crippen LogP contribution in [-0.4, -0.2) is 122 Å². The van der Waals surface area contributed by atoms with Crippen molar-refractivity contribution in [1.82, 2.24) is 34.1 Å². The number of quaternary nitrogens is 1. The SMILES string of the molecule is Cn1c(-c2cn(-c3ccc(N)cn3)nc2C(F)F)cnc1C(=O)Nc1ccc(C(=O)N2CCN(C(=O)C3CC[N+](C)(C)CC3)CC2)c(Cl)c1.O=C([O-])C(F)(F)F. The first-order valence-corrected chi connectivity index (χ1v) is 17.5. The number of nitrogen functional groups attached to an aromatic ring is 1. The van der Waals surface area contributed by atoms with Crippen molar-refractivity contribution in [3.05, 3.63) is 71.0 Å². The molecule has 0 saturated carbocycles. The molecule has 3 aromatic heterocycles. The fourth-order valence-electron chi connectivity index (χ4n) is 6.29. The summed E-state index contributed by atoms with van der Waals surface area (Å²) in [6, 6.07) is 7.70. The lowest BCUT2D eigenvalue weighted by Crippen LogP contribution is -2.54.